The van der Waals surface area contributed by atoms with E-state index >= 15 is 0 Å². The lowest BCUT2D eigenvalue weighted by Crippen LogP contribution is -2.46. The van der Waals surface area contributed by atoms with Gasteiger partial charge >= 0.3 is 0 Å². The SMILES string of the molecule is O=C(CCCc1cc(Cl)sc1Cl)NCCN1CCNCC1. The summed E-state index contributed by atoms with van der Waals surface area (Å²) in [4.78, 5) is 14.1. The number of amides is 1. The first-order chi connectivity index (χ1) is 10.1. The van der Waals surface area contributed by atoms with E-state index in [4.69, 9.17) is 23.2 Å². The Balaban J connectivity index is 1.56. The van der Waals surface area contributed by atoms with Gasteiger partial charge < -0.3 is 10.6 Å². The molecule has 1 aromatic rings. The Hall–Kier alpha value is -0.330. The topological polar surface area (TPSA) is 44.4 Å². The molecule has 0 spiro atoms. The molecule has 2 N–H and O–H groups in total. The van der Waals surface area contributed by atoms with Crippen LogP contribution in [0.1, 0.15) is 18.4 Å². The lowest BCUT2D eigenvalue weighted by atomic mass is 10.1. The molecule has 1 aliphatic rings. The van der Waals surface area contributed by atoms with Gasteiger partial charge in [-0.15, -0.1) is 11.3 Å². The number of hydrogen-bond acceptors (Lipinski definition) is 4. The van der Waals surface area contributed by atoms with Gasteiger partial charge in [-0.3, -0.25) is 9.69 Å². The summed E-state index contributed by atoms with van der Waals surface area (Å²) in [6.07, 6.45) is 2.13. The van der Waals surface area contributed by atoms with Crippen molar-refractivity contribution in [1.29, 1.82) is 0 Å². The van der Waals surface area contributed by atoms with Crippen molar-refractivity contribution in [2.24, 2.45) is 0 Å². The highest BCUT2D eigenvalue weighted by Gasteiger charge is 2.10. The van der Waals surface area contributed by atoms with Crippen LogP contribution >= 0.6 is 34.5 Å². The number of thiophene rings is 1. The van der Waals surface area contributed by atoms with Crippen LogP contribution in [0.3, 0.4) is 0 Å². The average molecular weight is 350 g/mol. The van der Waals surface area contributed by atoms with Gasteiger partial charge in [0.25, 0.3) is 0 Å². The molecule has 0 bridgehead atoms. The fraction of sp³-hybridized carbons (Fsp3) is 0.643. The van der Waals surface area contributed by atoms with E-state index in [9.17, 15) is 4.79 Å². The first-order valence-electron chi connectivity index (χ1n) is 7.28. The molecule has 0 atom stereocenters. The average Bonchev–Trinajstić information content (AvgIpc) is 2.78. The van der Waals surface area contributed by atoms with Gasteiger partial charge in [-0.1, -0.05) is 23.2 Å². The van der Waals surface area contributed by atoms with Crippen molar-refractivity contribution >= 4 is 40.4 Å². The van der Waals surface area contributed by atoms with E-state index in [0.29, 0.717) is 10.8 Å². The largest absolute Gasteiger partial charge is 0.355 e. The number of nitrogens with zero attached hydrogens (tertiary/aromatic N) is 1. The third kappa shape index (κ3) is 6.12. The normalized spacial score (nSPS) is 16.1. The zero-order valence-electron chi connectivity index (χ0n) is 12.0. The summed E-state index contributed by atoms with van der Waals surface area (Å²) < 4.78 is 1.44. The maximum absolute atomic E-state index is 11.8. The van der Waals surface area contributed by atoms with E-state index in [1.807, 2.05) is 6.07 Å². The molecule has 1 saturated heterocycles. The summed E-state index contributed by atoms with van der Waals surface area (Å²) in [5.41, 5.74) is 1.04. The second-order valence-corrected chi connectivity index (χ2v) is 7.43. The molecule has 0 aromatic carbocycles. The number of aryl methyl sites for hydroxylation is 1. The zero-order valence-corrected chi connectivity index (χ0v) is 14.3. The van der Waals surface area contributed by atoms with E-state index in [1.54, 1.807) is 0 Å². The minimum atomic E-state index is 0.114. The van der Waals surface area contributed by atoms with Gasteiger partial charge in [0.2, 0.25) is 5.91 Å². The minimum absolute atomic E-state index is 0.114. The predicted octanol–water partition coefficient (Wildman–Crippen LogP) is 2.40. The third-order valence-electron chi connectivity index (χ3n) is 3.54. The fourth-order valence-electron chi connectivity index (χ4n) is 2.36. The Morgan fingerprint density at radius 2 is 2.14 bits per heavy atom. The van der Waals surface area contributed by atoms with Crippen LogP contribution < -0.4 is 10.6 Å². The maximum Gasteiger partial charge on any atom is 0.220 e. The van der Waals surface area contributed by atoms with Gasteiger partial charge in [0.1, 0.15) is 0 Å². The van der Waals surface area contributed by atoms with Gasteiger partial charge in [0, 0.05) is 45.7 Å². The Morgan fingerprint density at radius 1 is 1.38 bits per heavy atom. The lowest BCUT2D eigenvalue weighted by molar-refractivity contribution is -0.121. The van der Waals surface area contributed by atoms with E-state index in [1.165, 1.54) is 11.3 Å². The first kappa shape index (κ1) is 17.0. The predicted molar refractivity (Wildman–Crippen MR) is 89.6 cm³/mol. The van der Waals surface area contributed by atoms with Crippen molar-refractivity contribution in [1.82, 2.24) is 15.5 Å². The van der Waals surface area contributed by atoms with Gasteiger partial charge in [-0.2, -0.15) is 0 Å². The minimum Gasteiger partial charge on any atom is -0.355 e. The number of rotatable bonds is 7. The number of carbonyl (C=O) groups excluding carboxylic acids is 1. The molecular weight excluding hydrogens is 329 g/mol. The number of piperazine rings is 1. The van der Waals surface area contributed by atoms with Gasteiger partial charge in [0.15, 0.2) is 0 Å². The number of hydrogen-bond donors (Lipinski definition) is 2. The van der Waals surface area contributed by atoms with Crippen molar-refractivity contribution in [3.63, 3.8) is 0 Å². The van der Waals surface area contributed by atoms with Crippen LogP contribution in [0.2, 0.25) is 8.67 Å². The molecule has 0 saturated carbocycles. The number of nitrogens with one attached hydrogen (secondary N) is 2. The van der Waals surface area contributed by atoms with Crippen molar-refractivity contribution < 1.29 is 4.79 Å². The van der Waals surface area contributed by atoms with Crippen LogP contribution in [0.4, 0.5) is 0 Å². The monoisotopic (exact) mass is 349 g/mol. The highest BCUT2D eigenvalue weighted by atomic mass is 35.5. The summed E-state index contributed by atoms with van der Waals surface area (Å²) in [5.74, 6) is 0.114. The summed E-state index contributed by atoms with van der Waals surface area (Å²) in [7, 11) is 0. The quantitative estimate of drug-likeness (QED) is 0.794. The molecule has 118 valence electrons. The molecule has 21 heavy (non-hydrogen) atoms. The lowest BCUT2D eigenvalue weighted by Gasteiger charge is -2.27. The molecule has 1 fully saturated rings. The van der Waals surface area contributed by atoms with E-state index in [2.05, 4.69) is 15.5 Å². The van der Waals surface area contributed by atoms with Crippen LogP contribution in [0.25, 0.3) is 0 Å². The van der Waals surface area contributed by atoms with Crippen LogP contribution in [-0.2, 0) is 11.2 Å². The smallest absolute Gasteiger partial charge is 0.220 e. The van der Waals surface area contributed by atoms with Crippen molar-refractivity contribution in [2.45, 2.75) is 19.3 Å². The molecule has 0 radical (unpaired) electrons. The second-order valence-electron chi connectivity index (χ2n) is 5.14. The number of halogens is 2. The summed E-state index contributed by atoms with van der Waals surface area (Å²) in [6.45, 7) is 5.86. The van der Waals surface area contributed by atoms with Crippen molar-refractivity contribution in [3.8, 4) is 0 Å². The van der Waals surface area contributed by atoms with Crippen molar-refractivity contribution in [3.05, 3.63) is 20.3 Å². The van der Waals surface area contributed by atoms with Crippen LogP contribution in [-0.4, -0.2) is 50.1 Å². The van der Waals surface area contributed by atoms with Gasteiger partial charge in [-0.25, -0.2) is 0 Å². The molecule has 7 heteroatoms. The molecule has 1 aliphatic heterocycles. The highest BCUT2D eigenvalue weighted by molar-refractivity contribution is 7.20. The molecular formula is C14H21Cl2N3OS. The van der Waals surface area contributed by atoms with E-state index < -0.39 is 0 Å². The molecule has 2 heterocycles. The molecule has 0 aliphatic carbocycles. The van der Waals surface area contributed by atoms with Crippen LogP contribution in [0.5, 0.6) is 0 Å². The fourth-order valence-corrected chi connectivity index (χ4v) is 3.91. The Morgan fingerprint density at radius 3 is 2.81 bits per heavy atom. The zero-order chi connectivity index (χ0) is 15.1. The van der Waals surface area contributed by atoms with E-state index in [0.717, 1.165) is 62.0 Å². The van der Waals surface area contributed by atoms with Crippen molar-refractivity contribution in [2.75, 3.05) is 39.3 Å². The highest BCUT2D eigenvalue weighted by Crippen LogP contribution is 2.31. The number of carbonyl (C=O) groups is 1. The summed E-state index contributed by atoms with van der Waals surface area (Å²) in [5, 5.41) is 6.29. The Kier molecular flexibility index (Phi) is 7.26. The first-order valence-corrected chi connectivity index (χ1v) is 8.86. The summed E-state index contributed by atoms with van der Waals surface area (Å²) >= 11 is 13.3. The van der Waals surface area contributed by atoms with Gasteiger partial charge in [-0.05, 0) is 24.5 Å². The Labute approximate surface area is 139 Å². The summed E-state index contributed by atoms with van der Waals surface area (Å²) in [6, 6.07) is 1.89. The molecule has 2 rings (SSSR count). The standard InChI is InChI=1S/C14H21Cl2N3OS/c15-12-10-11(14(16)21-12)2-1-3-13(20)18-6-9-19-7-4-17-5-8-19/h10,17H,1-9H2,(H,18,20). The molecule has 0 unspecified atom stereocenters. The Bertz CT molecular complexity index is 461. The molecule has 4 nitrogen and oxygen atoms in total. The molecule has 1 aromatic heterocycles. The molecule has 1 amide bonds. The van der Waals surface area contributed by atoms with Crippen LogP contribution in [0.15, 0.2) is 6.07 Å². The van der Waals surface area contributed by atoms with Gasteiger partial charge in [0.05, 0.1) is 8.67 Å². The third-order valence-corrected chi connectivity index (χ3v) is 5.11. The second kappa shape index (κ2) is 8.96. The maximum atomic E-state index is 11.8. The van der Waals surface area contributed by atoms with E-state index in [-0.39, 0.29) is 5.91 Å². The van der Waals surface area contributed by atoms with Crippen LogP contribution in [0, 0.1) is 0 Å².